The van der Waals surface area contributed by atoms with Crippen LogP contribution in [0, 0.1) is 16.4 Å². The Labute approximate surface area is 108 Å². The molecule has 0 bridgehead atoms. The Bertz CT molecular complexity index is 616. The van der Waals surface area contributed by atoms with E-state index in [9.17, 15) is 8.78 Å². The number of aromatic nitrogens is 3. The molecule has 3 nitrogen and oxygen atoms in total. The fourth-order valence-corrected chi connectivity index (χ4v) is 2.19. The normalized spacial score (nSPS) is 11.2. The van der Waals surface area contributed by atoms with Crippen LogP contribution in [0.25, 0.3) is 0 Å². The second kappa shape index (κ2) is 4.97. The van der Waals surface area contributed by atoms with Crippen molar-refractivity contribution in [1.82, 2.24) is 14.8 Å². The lowest BCUT2D eigenvalue weighted by Gasteiger charge is -2.10. The minimum absolute atomic E-state index is 0.163. The highest BCUT2D eigenvalue weighted by Gasteiger charge is 2.11. The van der Waals surface area contributed by atoms with E-state index in [1.165, 1.54) is 6.07 Å². The summed E-state index contributed by atoms with van der Waals surface area (Å²) in [5, 5.41) is 6.83. The summed E-state index contributed by atoms with van der Waals surface area (Å²) in [7, 11) is 0. The maximum Gasteiger partial charge on any atom is 0.195 e. The molecule has 1 aromatic carbocycles. The third-order valence-corrected chi connectivity index (χ3v) is 2.93. The number of rotatable bonds is 3. The second-order valence-electron chi connectivity index (χ2n) is 4.33. The molecule has 0 radical (unpaired) electrons. The van der Waals surface area contributed by atoms with Gasteiger partial charge in [0.1, 0.15) is 5.82 Å². The lowest BCUT2D eigenvalue weighted by Crippen LogP contribution is -2.07. The summed E-state index contributed by atoms with van der Waals surface area (Å²) in [4.78, 5) is 0. The molecule has 0 amide bonds. The molecule has 2 rings (SSSR count). The predicted octanol–water partition coefficient (Wildman–Crippen LogP) is 3.39. The molecule has 0 aliphatic carbocycles. The Morgan fingerprint density at radius 1 is 1.33 bits per heavy atom. The van der Waals surface area contributed by atoms with E-state index >= 15 is 0 Å². The summed E-state index contributed by atoms with van der Waals surface area (Å²) in [5.74, 6) is -0.986. The molecule has 1 N–H and O–H groups in total. The van der Waals surface area contributed by atoms with Crippen molar-refractivity contribution in [3.8, 4) is 0 Å². The second-order valence-corrected chi connectivity index (χ2v) is 4.72. The van der Waals surface area contributed by atoms with Gasteiger partial charge in [0.2, 0.25) is 0 Å². The zero-order chi connectivity index (χ0) is 13.3. The molecule has 0 unspecified atom stereocenters. The number of benzene rings is 1. The summed E-state index contributed by atoms with van der Waals surface area (Å²) < 4.78 is 28.3. The van der Waals surface area contributed by atoms with E-state index in [2.05, 4.69) is 10.2 Å². The van der Waals surface area contributed by atoms with Crippen molar-refractivity contribution >= 4 is 12.2 Å². The predicted molar refractivity (Wildman–Crippen MR) is 67.0 cm³/mol. The Morgan fingerprint density at radius 3 is 2.67 bits per heavy atom. The van der Waals surface area contributed by atoms with Gasteiger partial charge in [0.25, 0.3) is 0 Å². The monoisotopic (exact) mass is 269 g/mol. The third-order valence-electron chi connectivity index (χ3n) is 2.64. The Kier molecular flexibility index (Phi) is 3.56. The van der Waals surface area contributed by atoms with Gasteiger partial charge in [-0.05, 0) is 43.8 Å². The first-order chi connectivity index (χ1) is 8.49. The van der Waals surface area contributed by atoms with Gasteiger partial charge in [-0.1, -0.05) is 6.07 Å². The Hall–Kier alpha value is -1.56. The van der Waals surface area contributed by atoms with Crippen LogP contribution in [0.3, 0.4) is 0 Å². The summed E-state index contributed by atoms with van der Waals surface area (Å²) >= 11 is 5.12. The maximum atomic E-state index is 13.1. The molecule has 0 aliphatic rings. The average Bonchev–Trinajstić information content (AvgIpc) is 2.65. The van der Waals surface area contributed by atoms with E-state index in [1.54, 1.807) is 6.07 Å². The van der Waals surface area contributed by atoms with Gasteiger partial charge >= 0.3 is 0 Å². The first-order valence-corrected chi connectivity index (χ1v) is 5.99. The topological polar surface area (TPSA) is 33.6 Å². The Balaban J connectivity index is 2.34. The SMILES string of the molecule is CC(C)n1c(Cc2ccc(F)c(F)c2)n[nH]c1=S. The van der Waals surface area contributed by atoms with Gasteiger partial charge in [-0.25, -0.2) is 8.78 Å². The molecule has 0 spiro atoms. The van der Waals surface area contributed by atoms with E-state index in [4.69, 9.17) is 12.2 Å². The van der Waals surface area contributed by atoms with Gasteiger partial charge in [0.05, 0.1) is 0 Å². The van der Waals surface area contributed by atoms with Crippen molar-refractivity contribution < 1.29 is 8.78 Å². The average molecular weight is 269 g/mol. The van der Waals surface area contributed by atoms with Crippen LogP contribution in [0.2, 0.25) is 0 Å². The van der Waals surface area contributed by atoms with Crippen LogP contribution in [-0.4, -0.2) is 14.8 Å². The van der Waals surface area contributed by atoms with Crippen molar-refractivity contribution in [2.45, 2.75) is 26.3 Å². The standard InChI is InChI=1S/C12H13F2N3S/c1-7(2)17-11(15-16-12(17)18)6-8-3-4-9(13)10(14)5-8/h3-5,7H,6H2,1-2H3,(H,16,18). The van der Waals surface area contributed by atoms with Crippen LogP contribution in [0.1, 0.15) is 31.3 Å². The van der Waals surface area contributed by atoms with Gasteiger partial charge < -0.3 is 4.57 Å². The molecule has 96 valence electrons. The zero-order valence-electron chi connectivity index (χ0n) is 10.1. The van der Waals surface area contributed by atoms with Crippen LogP contribution in [0.5, 0.6) is 0 Å². The van der Waals surface area contributed by atoms with Crippen LogP contribution < -0.4 is 0 Å². The first kappa shape index (κ1) is 12.9. The largest absolute Gasteiger partial charge is 0.301 e. The fraction of sp³-hybridized carbons (Fsp3) is 0.333. The fourth-order valence-electron chi connectivity index (χ4n) is 1.83. The number of nitrogens with one attached hydrogen (secondary N) is 1. The lowest BCUT2D eigenvalue weighted by molar-refractivity contribution is 0.506. The highest BCUT2D eigenvalue weighted by molar-refractivity contribution is 7.71. The number of hydrogen-bond acceptors (Lipinski definition) is 2. The molecule has 0 atom stereocenters. The Morgan fingerprint density at radius 2 is 2.06 bits per heavy atom. The molecule has 0 aliphatic heterocycles. The van der Waals surface area contributed by atoms with Crippen LogP contribution >= 0.6 is 12.2 Å². The molecule has 1 aromatic heterocycles. The summed E-state index contributed by atoms with van der Waals surface area (Å²) in [5.41, 5.74) is 0.657. The van der Waals surface area contributed by atoms with E-state index < -0.39 is 11.6 Å². The molecular weight excluding hydrogens is 256 g/mol. The number of nitrogens with zero attached hydrogens (tertiary/aromatic N) is 2. The lowest BCUT2D eigenvalue weighted by atomic mass is 10.1. The quantitative estimate of drug-likeness (QED) is 0.866. The van der Waals surface area contributed by atoms with Crippen LogP contribution in [-0.2, 0) is 6.42 Å². The number of halogens is 2. The van der Waals surface area contributed by atoms with Crippen LogP contribution in [0.4, 0.5) is 8.78 Å². The molecule has 1 heterocycles. The third kappa shape index (κ3) is 2.48. The minimum Gasteiger partial charge on any atom is -0.301 e. The molecule has 0 saturated heterocycles. The summed E-state index contributed by atoms with van der Waals surface area (Å²) in [6, 6.07) is 4.00. The molecule has 0 fully saturated rings. The first-order valence-electron chi connectivity index (χ1n) is 5.58. The molecule has 18 heavy (non-hydrogen) atoms. The number of aromatic amines is 1. The van der Waals surface area contributed by atoms with Crippen molar-refractivity contribution in [2.24, 2.45) is 0 Å². The smallest absolute Gasteiger partial charge is 0.195 e. The highest BCUT2D eigenvalue weighted by atomic mass is 32.1. The molecular formula is C12H13F2N3S. The van der Waals surface area contributed by atoms with Gasteiger partial charge in [-0.3, -0.25) is 5.10 Å². The van der Waals surface area contributed by atoms with E-state index in [0.29, 0.717) is 22.6 Å². The number of hydrogen-bond donors (Lipinski definition) is 1. The van der Waals surface area contributed by atoms with Gasteiger partial charge in [-0.15, -0.1) is 0 Å². The zero-order valence-corrected chi connectivity index (χ0v) is 10.9. The summed E-state index contributed by atoms with van der Waals surface area (Å²) in [6.45, 7) is 3.97. The minimum atomic E-state index is -0.849. The maximum absolute atomic E-state index is 13.1. The molecule has 0 saturated carbocycles. The molecule has 6 heteroatoms. The number of H-pyrrole nitrogens is 1. The van der Waals surface area contributed by atoms with Gasteiger partial charge in [0, 0.05) is 12.5 Å². The van der Waals surface area contributed by atoms with Crippen molar-refractivity contribution in [2.75, 3.05) is 0 Å². The van der Waals surface area contributed by atoms with E-state index in [1.807, 2.05) is 18.4 Å². The molecule has 2 aromatic rings. The summed E-state index contributed by atoms with van der Waals surface area (Å²) in [6.07, 6.45) is 0.405. The van der Waals surface area contributed by atoms with Crippen molar-refractivity contribution in [1.29, 1.82) is 0 Å². The van der Waals surface area contributed by atoms with E-state index in [0.717, 1.165) is 6.07 Å². The van der Waals surface area contributed by atoms with Gasteiger partial charge in [0.15, 0.2) is 16.4 Å². The highest BCUT2D eigenvalue weighted by Crippen LogP contribution is 2.15. The van der Waals surface area contributed by atoms with Crippen molar-refractivity contribution in [3.63, 3.8) is 0 Å². The van der Waals surface area contributed by atoms with Crippen LogP contribution in [0.15, 0.2) is 18.2 Å². The van der Waals surface area contributed by atoms with Gasteiger partial charge in [-0.2, -0.15) is 5.10 Å². The van der Waals surface area contributed by atoms with E-state index in [-0.39, 0.29) is 6.04 Å². The van der Waals surface area contributed by atoms with Crippen molar-refractivity contribution in [3.05, 3.63) is 46.0 Å².